The number of fused-ring (bicyclic) bond motifs is 1. The van der Waals surface area contributed by atoms with Crippen LogP contribution in [0.5, 0.6) is 0 Å². The molecule has 0 spiro atoms. The smallest absolute Gasteiger partial charge is 0.251 e. The standard InChI is InChI=1S/C14H12N4O/c19-14(18-9-13-16-6-7-17-13)11-4-3-10-2-1-5-15-12(10)8-11/h1-8H,9H2,(H,16,17)(H,18,19). The van der Waals surface area contributed by atoms with Gasteiger partial charge < -0.3 is 10.3 Å². The number of imidazole rings is 1. The molecular weight excluding hydrogens is 240 g/mol. The number of rotatable bonds is 3. The lowest BCUT2D eigenvalue weighted by Gasteiger charge is -2.04. The van der Waals surface area contributed by atoms with Crippen LogP contribution in [0.2, 0.25) is 0 Å². The van der Waals surface area contributed by atoms with Crippen LogP contribution in [0.15, 0.2) is 48.9 Å². The third kappa shape index (κ3) is 2.44. The zero-order chi connectivity index (χ0) is 13.1. The third-order valence-corrected chi connectivity index (χ3v) is 2.84. The zero-order valence-electron chi connectivity index (χ0n) is 10.1. The van der Waals surface area contributed by atoms with Crippen molar-refractivity contribution in [2.45, 2.75) is 6.54 Å². The summed E-state index contributed by atoms with van der Waals surface area (Å²) in [7, 11) is 0. The number of H-pyrrole nitrogens is 1. The van der Waals surface area contributed by atoms with Crippen LogP contribution in [0.25, 0.3) is 10.9 Å². The maximum Gasteiger partial charge on any atom is 0.251 e. The second kappa shape index (κ2) is 4.89. The van der Waals surface area contributed by atoms with Crippen molar-refractivity contribution in [1.29, 1.82) is 0 Å². The van der Waals surface area contributed by atoms with Crippen molar-refractivity contribution >= 4 is 16.8 Å². The molecule has 94 valence electrons. The molecule has 1 amide bonds. The molecule has 0 fully saturated rings. The number of pyridine rings is 1. The van der Waals surface area contributed by atoms with Gasteiger partial charge in [-0.2, -0.15) is 0 Å². The van der Waals surface area contributed by atoms with Crippen molar-refractivity contribution < 1.29 is 4.79 Å². The van der Waals surface area contributed by atoms with Gasteiger partial charge in [-0.25, -0.2) is 4.98 Å². The summed E-state index contributed by atoms with van der Waals surface area (Å²) in [6.07, 6.45) is 5.09. The van der Waals surface area contributed by atoms with Crippen LogP contribution in [-0.4, -0.2) is 20.9 Å². The second-order valence-corrected chi connectivity index (χ2v) is 4.13. The highest BCUT2D eigenvalue weighted by molar-refractivity contribution is 5.97. The molecular formula is C14H12N4O. The van der Waals surface area contributed by atoms with Crippen LogP contribution in [0.3, 0.4) is 0 Å². The largest absolute Gasteiger partial charge is 0.347 e. The van der Waals surface area contributed by atoms with Gasteiger partial charge in [0.15, 0.2) is 0 Å². The van der Waals surface area contributed by atoms with E-state index in [9.17, 15) is 4.79 Å². The van der Waals surface area contributed by atoms with Gasteiger partial charge in [-0.15, -0.1) is 0 Å². The van der Waals surface area contributed by atoms with Gasteiger partial charge in [-0.3, -0.25) is 9.78 Å². The van der Waals surface area contributed by atoms with Gasteiger partial charge in [-0.1, -0.05) is 12.1 Å². The summed E-state index contributed by atoms with van der Waals surface area (Å²) in [4.78, 5) is 23.2. The molecule has 1 aromatic carbocycles. The van der Waals surface area contributed by atoms with Crippen LogP contribution in [0.4, 0.5) is 0 Å². The van der Waals surface area contributed by atoms with Gasteiger partial charge >= 0.3 is 0 Å². The molecule has 3 rings (SSSR count). The van der Waals surface area contributed by atoms with Gasteiger partial charge in [0.25, 0.3) is 5.91 Å². The summed E-state index contributed by atoms with van der Waals surface area (Å²) in [5, 5.41) is 3.82. The fourth-order valence-corrected chi connectivity index (χ4v) is 1.87. The number of amides is 1. The van der Waals surface area contributed by atoms with E-state index in [1.807, 2.05) is 18.2 Å². The predicted molar refractivity (Wildman–Crippen MR) is 71.5 cm³/mol. The highest BCUT2D eigenvalue weighted by atomic mass is 16.1. The fourth-order valence-electron chi connectivity index (χ4n) is 1.87. The SMILES string of the molecule is O=C(NCc1ncc[nH]1)c1ccc2cccnc2c1. The van der Waals surface area contributed by atoms with E-state index >= 15 is 0 Å². The maximum absolute atomic E-state index is 12.0. The Morgan fingerprint density at radius 3 is 3.00 bits per heavy atom. The molecule has 0 bridgehead atoms. The summed E-state index contributed by atoms with van der Waals surface area (Å²) in [6, 6.07) is 9.31. The van der Waals surface area contributed by atoms with Crippen molar-refractivity contribution in [3.8, 4) is 0 Å². The second-order valence-electron chi connectivity index (χ2n) is 4.13. The van der Waals surface area contributed by atoms with Gasteiger partial charge in [0.1, 0.15) is 5.82 Å². The van der Waals surface area contributed by atoms with Crippen molar-refractivity contribution in [1.82, 2.24) is 20.3 Å². The number of nitrogens with one attached hydrogen (secondary N) is 2. The van der Waals surface area contributed by atoms with Gasteiger partial charge in [-0.05, 0) is 18.2 Å². The van der Waals surface area contributed by atoms with Gasteiger partial charge in [0.05, 0.1) is 12.1 Å². The molecule has 0 aliphatic heterocycles. The molecule has 0 aliphatic carbocycles. The Kier molecular flexibility index (Phi) is 2.94. The molecule has 0 unspecified atom stereocenters. The first-order valence-corrected chi connectivity index (χ1v) is 5.94. The van der Waals surface area contributed by atoms with E-state index in [1.165, 1.54) is 0 Å². The highest BCUT2D eigenvalue weighted by Crippen LogP contribution is 2.13. The minimum atomic E-state index is -0.135. The molecule has 0 radical (unpaired) electrons. The number of carbonyl (C=O) groups excluding carboxylic acids is 1. The van der Waals surface area contributed by atoms with Crippen molar-refractivity contribution in [2.24, 2.45) is 0 Å². The van der Waals surface area contributed by atoms with Crippen LogP contribution in [0.1, 0.15) is 16.2 Å². The van der Waals surface area contributed by atoms with E-state index in [2.05, 4.69) is 20.3 Å². The molecule has 0 saturated heterocycles. The van der Waals surface area contributed by atoms with E-state index in [1.54, 1.807) is 30.7 Å². The molecule has 2 heterocycles. The number of aromatic nitrogens is 3. The van der Waals surface area contributed by atoms with Gasteiger partial charge in [0.2, 0.25) is 0 Å². The van der Waals surface area contributed by atoms with Crippen LogP contribution < -0.4 is 5.32 Å². The molecule has 0 saturated carbocycles. The summed E-state index contributed by atoms with van der Waals surface area (Å²) >= 11 is 0. The molecule has 5 nitrogen and oxygen atoms in total. The average molecular weight is 252 g/mol. The summed E-state index contributed by atoms with van der Waals surface area (Å²) < 4.78 is 0. The summed E-state index contributed by atoms with van der Waals surface area (Å²) in [5.41, 5.74) is 1.41. The van der Waals surface area contributed by atoms with E-state index in [-0.39, 0.29) is 5.91 Å². The Morgan fingerprint density at radius 2 is 2.16 bits per heavy atom. The monoisotopic (exact) mass is 252 g/mol. The first kappa shape index (κ1) is 11.4. The zero-order valence-corrected chi connectivity index (χ0v) is 10.1. The molecule has 3 aromatic rings. The Hall–Kier alpha value is -2.69. The normalized spacial score (nSPS) is 10.5. The quantitative estimate of drug-likeness (QED) is 0.747. The lowest BCUT2D eigenvalue weighted by Crippen LogP contribution is -2.23. The minimum absolute atomic E-state index is 0.135. The lowest BCUT2D eigenvalue weighted by molar-refractivity contribution is 0.0950. The number of benzene rings is 1. The topological polar surface area (TPSA) is 70.7 Å². The predicted octanol–water partition coefficient (Wildman–Crippen LogP) is 1.89. The minimum Gasteiger partial charge on any atom is -0.347 e. The molecule has 2 aromatic heterocycles. The van der Waals surface area contributed by atoms with Crippen molar-refractivity contribution in [3.63, 3.8) is 0 Å². The number of hydrogen-bond donors (Lipinski definition) is 2. The lowest BCUT2D eigenvalue weighted by atomic mass is 10.1. The highest BCUT2D eigenvalue weighted by Gasteiger charge is 2.07. The maximum atomic E-state index is 12.0. The molecule has 2 N–H and O–H groups in total. The fraction of sp³-hybridized carbons (Fsp3) is 0.0714. The Balaban J connectivity index is 1.77. The van der Waals surface area contributed by atoms with Crippen LogP contribution >= 0.6 is 0 Å². The number of hydrogen-bond acceptors (Lipinski definition) is 3. The number of aromatic amines is 1. The third-order valence-electron chi connectivity index (χ3n) is 2.84. The van der Waals surface area contributed by atoms with E-state index in [0.29, 0.717) is 12.1 Å². The summed E-state index contributed by atoms with van der Waals surface area (Å²) in [5.74, 6) is 0.594. The Morgan fingerprint density at radius 1 is 1.21 bits per heavy atom. The molecule has 5 heteroatoms. The average Bonchev–Trinajstić information content (AvgIpc) is 2.97. The van der Waals surface area contributed by atoms with E-state index in [0.717, 1.165) is 16.7 Å². The van der Waals surface area contributed by atoms with Crippen molar-refractivity contribution in [2.75, 3.05) is 0 Å². The molecule has 0 aliphatic rings. The van der Waals surface area contributed by atoms with Gasteiger partial charge in [0, 0.05) is 29.5 Å². The number of carbonyl (C=O) groups is 1. The number of nitrogens with zero attached hydrogens (tertiary/aromatic N) is 2. The first-order valence-electron chi connectivity index (χ1n) is 5.94. The Labute approximate surface area is 109 Å². The molecule has 0 atom stereocenters. The Bertz CT molecular complexity index is 706. The summed E-state index contributed by atoms with van der Waals surface area (Å²) in [6.45, 7) is 0.381. The first-order chi connectivity index (χ1) is 9.33. The van der Waals surface area contributed by atoms with E-state index in [4.69, 9.17) is 0 Å². The van der Waals surface area contributed by atoms with Crippen LogP contribution in [0, 0.1) is 0 Å². The molecule has 19 heavy (non-hydrogen) atoms. The van der Waals surface area contributed by atoms with Crippen LogP contribution in [-0.2, 0) is 6.54 Å². The van der Waals surface area contributed by atoms with Crippen molar-refractivity contribution in [3.05, 3.63) is 60.3 Å². The van der Waals surface area contributed by atoms with E-state index < -0.39 is 0 Å².